The maximum atomic E-state index is 6.13. The normalized spacial score (nSPS) is 10.4. The van der Waals surface area contributed by atoms with Crippen molar-refractivity contribution in [3.05, 3.63) is 64.3 Å². The molecular formula is C18H17Cl2N5O. The Morgan fingerprint density at radius 1 is 1.08 bits per heavy atom. The Morgan fingerprint density at radius 2 is 1.88 bits per heavy atom. The van der Waals surface area contributed by atoms with Gasteiger partial charge in [-0.25, -0.2) is 0 Å². The third kappa shape index (κ3) is 4.97. The van der Waals surface area contributed by atoms with E-state index in [1.54, 1.807) is 25.4 Å². The van der Waals surface area contributed by atoms with Crippen LogP contribution in [0.2, 0.25) is 10.0 Å². The van der Waals surface area contributed by atoms with E-state index >= 15 is 0 Å². The lowest BCUT2D eigenvalue weighted by molar-refractivity contribution is 0.415. The van der Waals surface area contributed by atoms with Gasteiger partial charge in [0, 0.05) is 17.3 Å². The molecule has 0 saturated carbocycles. The first-order valence-corrected chi connectivity index (χ1v) is 8.68. The van der Waals surface area contributed by atoms with Gasteiger partial charge in [-0.05, 0) is 42.3 Å². The van der Waals surface area contributed by atoms with Crippen LogP contribution in [0.5, 0.6) is 5.75 Å². The van der Waals surface area contributed by atoms with Crippen LogP contribution >= 0.6 is 23.2 Å². The molecule has 1 heterocycles. The highest BCUT2D eigenvalue weighted by Crippen LogP contribution is 2.28. The Labute approximate surface area is 161 Å². The lowest BCUT2D eigenvalue weighted by atomic mass is 10.1. The van der Waals surface area contributed by atoms with Gasteiger partial charge in [0.2, 0.25) is 5.95 Å². The zero-order valence-corrected chi connectivity index (χ0v) is 15.6. The van der Waals surface area contributed by atoms with Crippen LogP contribution in [0.25, 0.3) is 0 Å². The average molecular weight is 390 g/mol. The molecule has 0 spiro atoms. The first-order chi connectivity index (χ1) is 12.6. The molecule has 0 aliphatic heterocycles. The predicted octanol–water partition coefficient (Wildman–Crippen LogP) is 4.59. The summed E-state index contributed by atoms with van der Waals surface area (Å²) in [4.78, 5) is 4.39. The van der Waals surface area contributed by atoms with Crippen molar-refractivity contribution in [2.75, 3.05) is 24.3 Å². The molecule has 3 aromatic rings. The van der Waals surface area contributed by atoms with Crippen LogP contribution < -0.4 is 15.4 Å². The minimum absolute atomic E-state index is 0.448. The first kappa shape index (κ1) is 18.2. The summed E-state index contributed by atoms with van der Waals surface area (Å²) in [5.74, 6) is 1.63. The molecule has 0 fully saturated rings. The largest absolute Gasteiger partial charge is 0.495 e. The molecule has 0 atom stereocenters. The van der Waals surface area contributed by atoms with Crippen molar-refractivity contribution in [1.29, 1.82) is 0 Å². The molecule has 134 valence electrons. The van der Waals surface area contributed by atoms with Gasteiger partial charge in [-0.1, -0.05) is 35.3 Å². The molecular weight excluding hydrogens is 373 g/mol. The van der Waals surface area contributed by atoms with Gasteiger partial charge in [0.1, 0.15) is 5.75 Å². The summed E-state index contributed by atoms with van der Waals surface area (Å²) in [7, 11) is 1.57. The number of halogens is 2. The molecule has 0 amide bonds. The Balaban J connectivity index is 1.59. The highest BCUT2D eigenvalue weighted by Gasteiger charge is 2.05. The Morgan fingerprint density at radius 3 is 2.62 bits per heavy atom. The number of ether oxygens (including phenoxy) is 1. The van der Waals surface area contributed by atoms with E-state index in [1.807, 2.05) is 30.3 Å². The van der Waals surface area contributed by atoms with E-state index in [0.717, 1.165) is 17.1 Å². The van der Waals surface area contributed by atoms with Gasteiger partial charge in [-0.15, -0.1) is 5.10 Å². The van der Waals surface area contributed by atoms with Crippen molar-refractivity contribution >= 4 is 40.7 Å². The zero-order chi connectivity index (χ0) is 18.4. The fourth-order valence-electron chi connectivity index (χ4n) is 2.30. The van der Waals surface area contributed by atoms with Gasteiger partial charge >= 0.3 is 0 Å². The summed E-state index contributed by atoms with van der Waals surface area (Å²) in [6.45, 7) is 0.682. The molecule has 0 saturated heterocycles. The molecule has 6 nitrogen and oxygen atoms in total. The minimum Gasteiger partial charge on any atom is -0.495 e. The van der Waals surface area contributed by atoms with E-state index in [9.17, 15) is 0 Å². The number of nitrogens with one attached hydrogen (secondary N) is 2. The third-order valence-electron chi connectivity index (χ3n) is 3.59. The summed E-state index contributed by atoms with van der Waals surface area (Å²) in [6, 6.07) is 13.1. The summed E-state index contributed by atoms with van der Waals surface area (Å²) < 4.78 is 5.14. The third-order valence-corrected chi connectivity index (χ3v) is 4.14. The second-order valence-corrected chi connectivity index (χ2v) is 6.29. The van der Waals surface area contributed by atoms with Crippen LogP contribution in [0, 0.1) is 0 Å². The number of methoxy groups -OCH3 is 1. The van der Waals surface area contributed by atoms with Gasteiger partial charge < -0.3 is 15.4 Å². The number of rotatable bonds is 7. The van der Waals surface area contributed by atoms with Crippen molar-refractivity contribution in [1.82, 2.24) is 15.2 Å². The number of benzene rings is 2. The molecule has 0 unspecified atom stereocenters. The SMILES string of the molecule is COc1ccc(Nc2cnnc(NCCc3ccc(Cl)cc3)n2)cc1Cl. The lowest BCUT2D eigenvalue weighted by Gasteiger charge is -2.09. The molecule has 2 N–H and O–H groups in total. The van der Waals surface area contributed by atoms with Crippen molar-refractivity contribution in [3.8, 4) is 5.75 Å². The number of anilines is 3. The fourth-order valence-corrected chi connectivity index (χ4v) is 2.68. The number of hydrogen-bond acceptors (Lipinski definition) is 6. The van der Waals surface area contributed by atoms with Gasteiger partial charge in [-0.3, -0.25) is 0 Å². The van der Waals surface area contributed by atoms with Crippen LogP contribution in [0.4, 0.5) is 17.5 Å². The van der Waals surface area contributed by atoms with Gasteiger partial charge in [0.25, 0.3) is 0 Å². The van der Waals surface area contributed by atoms with E-state index in [1.165, 1.54) is 5.56 Å². The summed E-state index contributed by atoms with van der Waals surface area (Å²) >= 11 is 12.0. The quantitative estimate of drug-likeness (QED) is 0.615. The molecule has 0 aliphatic carbocycles. The Bertz CT molecular complexity index is 874. The number of hydrogen-bond donors (Lipinski definition) is 2. The number of aromatic nitrogens is 3. The van der Waals surface area contributed by atoms with Crippen LogP contribution in [0.15, 0.2) is 48.7 Å². The first-order valence-electron chi connectivity index (χ1n) is 7.92. The average Bonchev–Trinajstić information content (AvgIpc) is 2.64. The molecule has 26 heavy (non-hydrogen) atoms. The second-order valence-electron chi connectivity index (χ2n) is 5.44. The van der Waals surface area contributed by atoms with E-state index in [2.05, 4.69) is 25.8 Å². The van der Waals surface area contributed by atoms with Gasteiger partial charge in [-0.2, -0.15) is 10.1 Å². The second kappa shape index (κ2) is 8.69. The summed E-state index contributed by atoms with van der Waals surface area (Å²) in [5.41, 5.74) is 1.96. The lowest BCUT2D eigenvalue weighted by Crippen LogP contribution is -2.09. The van der Waals surface area contributed by atoms with E-state index in [4.69, 9.17) is 27.9 Å². The molecule has 3 rings (SSSR count). The van der Waals surface area contributed by atoms with Crippen molar-refractivity contribution in [2.24, 2.45) is 0 Å². The minimum atomic E-state index is 0.448. The van der Waals surface area contributed by atoms with Gasteiger partial charge in [0.15, 0.2) is 5.82 Å². The highest BCUT2D eigenvalue weighted by molar-refractivity contribution is 6.32. The fraction of sp³-hybridized carbons (Fsp3) is 0.167. The van der Waals surface area contributed by atoms with E-state index in [0.29, 0.717) is 29.1 Å². The van der Waals surface area contributed by atoms with Gasteiger partial charge in [0.05, 0.1) is 18.3 Å². The number of nitrogens with zero attached hydrogens (tertiary/aromatic N) is 3. The van der Waals surface area contributed by atoms with Crippen LogP contribution in [-0.2, 0) is 6.42 Å². The Kier molecular flexibility index (Phi) is 6.09. The molecule has 8 heteroatoms. The topological polar surface area (TPSA) is 72.0 Å². The van der Waals surface area contributed by atoms with Crippen LogP contribution in [0.1, 0.15) is 5.56 Å². The monoisotopic (exact) mass is 389 g/mol. The van der Waals surface area contributed by atoms with E-state index in [-0.39, 0.29) is 0 Å². The van der Waals surface area contributed by atoms with Crippen molar-refractivity contribution in [2.45, 2.75) is 6.42 Å². The summed E-state index contributed by atoms with van der Waals surface area (Å²) in [6.07, 6.45) is 2.37. The Hall–Kier alpha value is -2.57. The highest BCUT2D eigenvalue weighted by atomic mass is 35.5. The molecule has 1 aromatic heterocycles. The maximum Gasteiger partial charge on any atom is 0.244 e. The van der Waals surface area contributed by atoms with Crippen LogP contribution in [-0.4, -0.2) is 28.8 Å². The predicted molar refractivity (Wildman–Crippen MR) is 105 cm³/mol. The smallest absolute Gasteiger partial charge is 0.244 e. The van der Waals surface area contributed by atoms with Crippen LogP contribution in [0.3, 0.4) is 0 Å². The zero-order valence-electron chi connectivity index (χ0n) is 14.0. The van der Waals surface area contributed by atoms with E-state index < -0.39 is 0 Å². The molecule has 2 aromatic carbocycles. The molecule has 0 aliphatic rings. The standard InChI is InChI=1S/C18H17Cl2N5O/c1-26-16-7-6-14(10-15(16)20)23-17-11-22-25-18(24-17)21-9-8-12-2-4-13(19)5-3-12/h2-7,10-11H,8-9H2,1H3,(H2,21,23,24,25). The maximum absolute atomic E-state index is 6.13. The van der Waals surface area contributed by atoms with Crippen molar-refractivity contribution < 1.29 is 4.74 Å². The van der Waals surface area contributed by atoms with Crippen molar-refractivity contribution in [3.63, 3.8) is 0 Å². The summed E-state index contributed by atoms with van der Waals surface area (Å²) in [5, 5.41) is 15.5. The molecule has 0 bridgehead atoms. The molecule has 0 radical (unpaired) electrons.